The van der Waals surface area contributed by atoms with E-state index in [2.05, 4.69) is 27.9 Å². The molecule has 2 aromatic heterocycles. The number of rotatable bonds is 6. The molecule has 0 aliphatic heterocycles. The maximum Gasteiger partial charge on any atom is 0.143 e. The molecule has 1 aromatic carbocycles. The van der Waals surface area contributed by atoms with E-state index < -0.39 is 0 Å². The molecular weight excluding hydrogens is 300 g/mol. The zero-order valence-corrected chi connectivity index (χ0v) is 14.3. The third kappa shape index (κ3) is 3.56. The summed E-state index contributed by atoms with van der Waals surface area (Å²) < 4.78 is 7.50. The first kappa shape index (κ1) is 16.1. The number of nitrogens with zero attached hydrogens (tertiary/aromatic N) is 3. The molecule has 0 atom stereocenters. The molecule has 24 heavy (non-hydrogen) atoms. The van der Waals surface area contributed by atoms with Gasteiger partial charge in [0, 0.05) is 18.1 Å². The van der Waals surface area contributed by atoms with Gasteiger partial charge in [-0.25, -0.2) is 9.97 Å². The van der Waals surface area contributed by atoms with Gasteiger partial charge in [-0.2, -0.15) is 0 Å². The normalized spacial score (nSPS) is 11.3. The van der Waals surface area contributed by atoms with Crippen LogP contribution in [-0.2, 0) is 6.42 Å². The molecule has 0 fully saturated rings. The van der Waals surface area contributed by atoms with E-state index in [9.17, 15) is 0 Å². The summed E-state index contributed by atoms with van der Waals surface area (Å²) in [7, 11) is 1.68. The van der Waals surface area contributed by atoms with Crippen LogP contribution in [0.4, 0.5) is 0 Å². The van der Waals surface area contributed by atoms with E-state index in [0.29, 0.717) is 0 Å². The van der Waals surface area contributed by atoms with Crippen molar-refractivity contribution < 1.29 is 4.74 Å². The third-order valence-corrected chi connectivity index (χ3v) is 3.79. The maximum absolute atomic E-state index is 5.53. The average Bonchev–Trinajstić information content (AvgIpc) is 3.22. The van der Waals surface area contributed by atoms with Crippen LogP contribution in [-0.4, -0.2) is 26.6 Å². The lowest BCUT2D eigenvalue weighted by Gasteiger charge is -2.09. The van der Waals surface area contributed by atoms with Crippen molar-refractivity contribution >= 4 is 12.2 Å². The Morgan fingerprint density at radius 2 is 2.12 bits per heavy atom. The Kier molecular flexibility index (Phi) is 4.79. The second kappa shape index (κ2) is 7.17. The van der Waals surface area contributed by atoms with Gasteiger partial charge >= 0.3 is 0 Å². The molecular formula is C19H22N4O. The molecule has 2 heterocycles. The number of hydrogen-bond donors (Lipinski definition) is 1. The highest BCUT2D eigenvalue weighted by atomic mass is 16.5. The van der Waals surface area contributed by atoms with E-state index in [1.54, 1.807) is 13.4 Å². The van der Waals surface area contributed by atoms with Crippen LogP contribution in [0.5, 0.6) is 5.75 Å². The summed E-state index contributed by atoms with van der Waals surface area (Å²) in [6.07, 6.45) is 11.8. The summed E-state index contributed by atoms with van der Waals surface area (Å²) in [4.78, 5) is 12.0. The zero-order chi connectivity index (χ0) is 16.9. The SMILES string of the molecule is CCCc1cnc(/C=C/c2ccc(-n3cnc(C)c3)c(OC)c2)[nH]1. The van der Waals surface area contributed by atoms with Crippen LogP contribution in [0.3, 0.4) is 0 Å². The summed E-state index contributed by atoms with van der Waals surface area (Å²) in [5.41, 5.74) is 4.17. The van der Waals surface area contributed by atoms with Crippen molar-refractivity contribution in [1.29, 1.82) is 0 Å². The Labute approximate surface area is 142 Å². The van der Waals surface area contributed by atoms with Crippen LogP contribution in [0, 0.1) is 6.92 Å². The smallest absolute Gasteiger partial charge is 0.143 e. The Morgan fingerprint density at radius 3 is 2.83 bits per heavy atom. The fourth-order valence-electron chi connectivity index (χ4n) is 2.60. The minimum absolute atomic E-state index is 0.806. The average molecular weight is 322 g/mol. The molecule has 5 heteroatoms. The molecule has 3 aromatic rings. The topological polar surface area (TPSA) is 55.7 Å². The summed E-state index contributed by atoms with van der Waals surface area (Å²) in [6.45, 7) is 4.13. The monoisotopic (exact) mass is 322 g/mol. The van der Waals surface area contributed by atoms with Crippen LogP contribution >= 0.6 is 0 Å². The lowest BCUT2D eigenvalue weighted by atomic mass is 10.1. The number of methoxy groups -OCH3 is 1. The Bertz CT molecular complexity index is 845. The fraction of sp³-hybridized carbons (Fsp3) is 0.263. The van der Waals surface area contributed by atoms with Crippen molar-refractivity contribution in [2.75, 3.05) is 7.11 Å². The second-order valence-electron chi connectivity index (χ2n) is 5.73. The summed E-state index contributed by atoms with van der Waals surface area (Å²) >= 11 is 0. The number of ether oxygens (including phenoxy) is 1. The van der Waals surface area contributed by atoms with E-state index in [4.69, 9.17) is 4.74 Å². The molecule has 0 unspecified atom stereocenters. The van der Waals surface area contributed by atoms with E-state index >= 15 is 0 Å². The van der Waals surface area contributed by atoms with Crippen LogP contribution in [0.2, 0.25) is 0 Å². The zero-order valence-electron chi connectivity index (χ0n) is 14.3. The summed E-state index contributed by atoms with van der Waals surface area (Å²) in [6, 6.07) is 6.10. The van der Waals surface area contributed by atoms with Crippen molar-refractivity contribution in [3.8, 4) is 11.4 Å². The minimum atomic E-state index is 0.806. The van der Waals surface area contributed by atoms with Gasteiger partial charge in [0.05, 0.1) is 24.8 Å². The maximum atomic E-state index is 5.53. The molecule has 0 radical (unpaired) electrons. The number of aryl methyl sites for hydroxylation is 2. The van der Waals surface area contributed by atoms with Crippen molar-refractivity contribution in [3.63, 3.8) is 0 Å². The number of H-pyrrole nitrogens is 1. The van der Waals surface area contributed by atoms with Gasteiger partial charge in [0.1, 0.15) is 11.6 Å². The first-order valence-corrected chi connectivity index (χ1v) is 8.10. The molecule has 0 spiro atoms. The van der Waals surface area contributed by atoms with Gasteiger partial charge in [-0.3, -0.25) is 0 Å². The van der Waals surface area contributed by atoms with Crippen molar-refractivity contribution in [2.45, 2.75) is 26.7 Å². The number of nitrogens with one attached hydrogen (secondary N) is 1. The van der Waals surface area contributed by atoms with Crippen LogP contribution in [0.25, 0.3) is 17.8 Å². The second-order valence-corrected chi connectivity index (χ2v) is 5.73. The highest BCUT2D eigenvalue weighted by Gasteiger charge is 2.06. The number of benzene rings is 1. The van der Waals surface area contributed by atoms with Gasteiger partial charge in [0.25, 0.3) is 0 Å². The molecule has 0 saturated carbocycles. The quantitative estimate of drug-likeness (QED) is 0.745. The first-order valence-electron chi connectivity index (χ1n) is 8.10. The minimum Gasteiger partial charge on any atom is -0.495 e. The molecule has 0 amide bonds. The molecule has 0 saturated heterocycles. The Hall–Kier alpha value is -2.82. The lowest BCUT2D eigenvalue weighted by Crippen LogP contribution is -1.95. The lowest BCUT2D eigenvalue weighted by molar-refractivity contribution is 0.413. The molecule has 0 aliphatic rings. The van der Waals surface area contributed by atoms with Crippen molar-refractivity contribution in [3.05, 3.63) is 59.7 Å². The number of hydrogen-bond acceptors (Lipinski definition) is 3. The van der Waals surface area contributed by atoms with Crippen molar-refractivity contribution in [1.82, 2.24) is 19.5 Å². The third-order valence-electron chi connectivity index (χ3n) is 3.79. The number of aromatic amines is 1. The first-order chi connectivity index (χ1) is 11.7. The van der Waals surface area contributed by atoms with Gasteiger partial charge in [0.2, 0.25) is 0 Å². The van der Waals surface area contributed by atoms with Crippen molar-refractivity contribution in [2.24, 2.45) is 0 Å². The van der Waals surface area contributed by atoms with E-state index in [0.717, 1.165) is 41.4 Å². The van der Waals surface area contributed by atoms with E-state index in [-0.39, 0.29) is 0 Å². The molecule has 0 aliphatic carbocycles. The van der Waals surface area contributed by atoms with Gasteiger partial charge in [0.15, 0.2) is 0 Å². The molecule has 124 valence electrons. The van der Waals surface area contributed by atoms with E-state index in [1.807, 2.05) is 48.2 Å². The predicted octanol–water partition coefficient (Wildman–Crippen LogP) is 4.04. The van der Waals surface area contributed by atoms with Gasteiger partial charge < -0.3 is 14.3 Å². The van der Waals surface area contributed by atoms with Crippen LogP contribution in [0.1, 0.15) is 36.1 Å². The van der Waals surface area contributed by atoms with Crippen LogP contribution < -0.4 is 4.74 Å². The summed E-state index contributed by atoms with van der Waals surface area (Å²) in [5, 5.41) is 0. The molecule has 0 bridgehead atoms. The highest BCUT2D eigenvalue weighted by molar-refractivity contribution is 5.69. The van der Waals surface area contributed by atoms with Gasteiger partial charge in [-0.15, -0.1) is 0 Å². The number of imidazole rings is 2. The van der Waals surface area contributed by atoms with Crippen LogP contribution in [0.15, 0.2) is 36.9 Å². The Balaban J connectivity index is 1.82. The standard InChI is InChI=1S/C19H22N4O/c1-4-5-16-11-20-19(22-16)9-7-15-6-8-17(18(10-15)24-3)23-12-14(2)21-13-23/h6-13H,4-5H2,1-3H3,(H,20,22)/b9-7+. The predicted molar refractivity (Wildman–Crippen MR) is 96.4 cm³/mol. The van der Waals surface area contributed by atoms with Gasteiger partial charge in [-0.1, -0.05) is 25.5 Å². The molecule has 5 nitrogen and oxygen atoms in total. The van der Waals surface area contributed by atoms with Gasteiger partial charge in [-0.05, 0) is 37.1 Å². The molecule has 1 N–H and O–H groups in total. The fourth-order valence-corrected chi connectivity index (χ4v) is 2.60. The Morgan fingerprint density at radius 1 is 1.25 bits per heavy atom. The van der Waals surface area contributed by atoms with E-state index in [1.165, 1.54) is 5.69 Å². The number of aromatic nitrogens is 4. The molecule has 3 rings (SSSR count). The summed E-state index contributed by atoms with van der Waals surface area (Å²) in [5.74, 6) is 1.67. The highest BCUT2D eigenvalue weighted by Crippen LogP contribution is 2.25. The largest absolute Gasteiger partial charge is 0.495 e.